The van der Waals surface area contributed by atoms with E-state index >= 15 is 0 Å². The van der Waals surface area contributed by atoms with Gasteiger partial charge in [0, 0.05) is 12.1 Å². The number of hydrogen-bond donors (Lipinski definition) is 2. The summed E-state index contributed by atoms with van der Waals surface area (Å²) in [5.74, 6) is 0.525. The van der Waals surface area contributed by atoms with Gasteiger partial charge in [-0.15, -0.1) is 0 Å². The van der Waals surface area contributed by atoms with Crippen molar-refractivity contribution in [3.05, 3.63) is 29.8 Å². The Hall–Kier alpha value is -1.41. The summed E-state index contributed by atoms with van der Waals surface area (Å²) in [4.78, 5) is 11.8. The predicted octanol–water partition coefficient (Wildman–Crippen LogP) is 2.32. The zero-order valence-electron chi connectivity index (χ0n) is 12.2. The smallest absolute Gasteiger partial charge is 0.422 e. The van der Waals surface area contributed by atoms with Gasteiger partial charge in [-0.1, -0.05) is 18.2 Å². The third kappa shape index (κ3) is 7.04. The quantitative estimate of drug-likeness (QED) is 0.765. The number of carbonyl (C=O) groups excluding carboxylic acids is 1. The maximum Gasteiger partial charge on any atom is 0.422 e. The van der Waals surface area contributed by atoms with E-state index in [0.29, 0.717) is 12.0 Å². The van der Waals surface area contributed by atoms with Crippen LogP contribution in [-0.4, -0.2) is 36.7 Å². The molecule has 0 fully saturated rings. The highest BCUT2D eigenvalue weighted by Gasteiger charge is 2.28. The van der Waals surface area contributed by atoms with E-state index in [4.69, 9.17) is 10.5 Å². The van der Waals surface area contributed by atoms with Gasteiger partial charge in [0.25, 0.3) is 0 Å². The molecule has 1 atom stereocenters. The number of halogens is 3. The fraction of sp³-hybridized carbons (Fsp3) is 0.500. The van der Waals surface area contributed by atoms with Crippen molar-refractivity contribution in [3.8, 4) is 5.75 Å². The second-order valence-electron chi connectivity index (χ2n) is 4.62. The number of rotatable bonds is 8. The summed E-state index contributed by atoms with van der Waals surface area (Å²) >= 11 is 1.59. The Kier molecular flexibility index (Phi) is 7.53. The second-order valence-corrected chi connectivity index (χ2v) is 5.60. The Labute approximate surface area is 131 Å². The third-order valence-electron chi connectivity index (χ3n) is 2.79. The molecule has 22 heavy (non-hydrogen) atoms. The van der Waals surface area contributed by atoms with Crippen molar-refractivity contribution >= 4 is 17.7 Å². The molecule has 0 saturated heterocycles. The molecule has 0 unspecified atom stereocenters. The Balaban J connectivity index is 2.56. The predicted molar refractivity (Wildman–Crippen MR) is 80.8 cm³/mol. The standard InChI is InChI=1S/C14H19F3N2O2S/c1-22-7-6-11(18)13(20)19-8-10-4-2-3-5-12(10)21-9-14(15,16)17/h2-5,11H,6-9,18H2,1H3,(H,19,20)/t11-/m0/s1. The van der Waals surface area contributed by atoms with Gasteiger partial charge in [0.1, 0.15) is 5.75 Å². The first-order valence-corrected chi connectivity index (χ1v) is 8.02. The van der Waals surface area contributed by atoms with Crippen LogP contribution in [0.15, 0.2) is 24.3 Å². The maximum atomic E-state index is 12.2. The van der Waals surface area contributed by atoms with Crippen molar-refractivity contribution in [3.63, 3.8) is 0 Å². The molecule has 0 radical (unpaired) electrons. The topological polar surface area (TPSA) is 64.4 Å². The molecular weight excluding hydrogens is 317 g/mol. The first-order valence-electron chi connectivity index (χ1n) is 6.63. The fourth-order valence-electron chi connectivity index (χ4n) is 1.64. The molecule has 0 bridgehead atoms. The summed E-state index contributed by atoms with van der Waals surface area (Å²) in [5, 5.41) is 2.61. The highest BCUT2D eigenvalue weighted by Crippen LogP contribution is 2.22. The van der Waals surface area contributed by atoms with Crippen LogP contribution >= 0.6 is 11.8 Å². The van der Waals surface area contributed by atoms with Crippen LogP contribution in [0.2, 0.25) is 0 Å². The molecule has 0 aromatic heterocycles. The van der Waals surface area contributed by atoms with Crippen molar-refractivity contribution in [1.29, 1.82) is 0 Å². The maximum absolute atomic E-state index is 12.2. The largest absolute Gasteiger partial charge is 0.484 e. The Morgan fingerprint density at radius 3 is 2.73 bits per heavy atom. The number of ether oxygens (including phenoxy) is 1. The molecule has 0 aliphatic heterocycles. The van der Waals surface area contributed by atoms with Crippen molar-refractivity contribution in [2.75, 3.05) is 18.6 Å². The Morgan fingerprint density at radius 2 is 2.09 bits per heavy atom. The van der Waals surface area contributed by atoms with Crippen LogP contribution in [0.5, 0.6) is 5.75 Å². The van der Waals surface area contributed by atoms with Crippen LogP contribution in [-0.2, 0) is 11.3 Å². The summed E-state index contributed by atoms with van der Waals surface area (Å²) < 4.78 is 41.3. The van der Waals surface area contributed by atoms with Gasteiger partial charge in [0.15, 0.2) is 6.61 Å². The van der Waals surface area contributed by atoms with Crippen LogP contribution in [0.1, 0.15) is 12.0 Å². The minimum absolute atomic E-state index is 0.0693. The van der Waals surface area contributed by atoms with E-state index in [0.717, 1.165) is 5.75 Å². The number of nitrogens with one attached hydrogen (secondary N) is 1. The molecule has 1 aromatic rings. The van der Waals surface area contributed by atoms with E-state index in [-0.39, 0.29) is 18.2 Å². The number of benzene rings is 1. The zero-order chi connectivity index (χ0) is 16.6. The van der Waals surface area contributed by atoms with Gasteiger partial charge in [0.05, 0.1) is 6.04 Å². The molecule has 3 N–H and O–H groups in total. The van der Waals surface area contributed by atoms with Gasteiger partial charge in [-0.2, -0.15) is 24.9 Å². The molecule has 0 heterocycles. The summed E-state index contributed by atoms with van der Waals surface area (Å²) in [5.41, 5.74) is 6.19. The summed E-state index contributed by atoms with van der Waals surface area (Å²) in [6.45, 7) is -1.30. The molecule has 1 amide bonds. The highest BCUT2D eigenvalue weighted by atomic mass is 32.2. The molecule has 0 spiro atoms. The summed E-state index contributed by atoms with van der Waals surface area (Å²) in [6.07, 6.45) is -1.95. The van der Waals surface area contributed by atoms with Gasteiger partial charge in [-0.3, -0.25) is 4.79 Å². The van der Waals surface area contributed by atoms with Crippen LogP contribution in [0, 0.1) is 0 Å². The van der Waals surface area contributed by atoms with Crippen molar-refractivity contribution in [2.24, 2.45) is 5.73 Å². The molecule has 1 aromatic carbocycles. The van der Waals surface area contributed by atoms with E-state index in [1.165, 1.54) is 6.07 Å². The highest BCUT2D eigenvalue weighted by molar-refractivity contribution is 7.98. The van der Waals surface area contributed by atoms with Crippen molar-refractivity contribution in [1.82, 2.24) is 5.32 Å². The number of thioether (sulfide) groups is 1. The number of hydrogen-bond acceptors (Lipinski definition) is 4. The average Bonchev–Trinajstić information content (AvgIpc) is 2.48. The summed E-state index contributed by atoms with van der Waals surface area (Å²) in [6, 6.07) is 5.63. The number of carbonyl (C=O) groups is 1. The van der Waals surface area contributed by atoms with Crippen LogP contribution in [0.3, 0.4) is 0 Å². The molecule has 0 saturated carbocycles. The van der Waals surface area contributed by atoms with Crippen LogP contribution < -0.4 is 15.8 Å². The molecule has 124 valence electrons. The van der Waals surface area contributed by atoms with E-state index in [9.17, 15) is 18.0 Å². The molecule has 8 heteroatoms. The van der Waals surface area contributed by atoms with E-state index in [2.05, 4.69) is 5.32 Å². The number of alkyl halides is 3. The lowest BCUT2D eigenvalue weighted by atomic mass is 10.2. The van der Waals surface area contributed by atoms with Crippen molar-refractivity contribution < 1.29 is 22.7 Å². The average molecular weight is 336 g/mol. The summed E-state index contributed by atoms with van der Waals surface area (Å²) in [7, 11) is 0. The normalized spacial score (nSPS) is 12.8. The zero-order valence-corrected chi connectivity index (χ0v) is 13.0. The van der Waals surface area contributed by atoms with Gasteiger partial charge in [-0.25, -0.2) is 0 Å². The number of nitrogens with two attached hydrogens (primary N) is 1. The fourth-order valence-corrected chi connectivity index (χ4v) is 2.13. The third-order valence-corrected chi connectivity index (χ3v) is 3.43. The van der Waals surface area contributed by atoms with E-state index in [1.807, 2.05) is 6.26 Å². The number of para-hydroxylation sites is 1. The molecule has 4 nitrogen and oxygen atoms in total. The van der Waals surface area contributed by atoms with Crippen LogP contribution in [0.4, 0.5) is 13.2 Å². The van der Waals surface area contributed by atoms with Gasteiger partial charge in [-0.05, 0) is 24.5 Å². The van der Waals surface area contributed by atoms with Gasteiger partial charge in [0.2, 0.25) is 5.91 Å². The lowest BCUT2D eigenvalue weighted by molar-refractivity contribution is -0.153. The van der Waals surface area contributed by atoms with E-state index in [1.54, 1.807) is 30.0 Å². The first-order chi connectivity index (χ1) is 10.3. The van der Waals surface area contributed by atoms with Crippen LogP contribution in [0.25, 0.3) is 0 Å². The first kappa shape index (κ1) is 18.6. The van der Waals surface area contributed by atoms with Gasteiger partial charge >= 0.3 is 6.18 Å². The Morgan fingerprint density at radius 1 is 1.41 bits per heavy atom. The lowest BCUT2D eigenvalue weighted by Gasteiger charge is -2.15. The Bertz CT molecular complexity index is 483. The minimum Gasteiger partial charge on any atom is -0.484 e. The molecule has 0 aliphatic carbocycles. The lowest BCUT2D eigenvalue weighted by Crippen LogP contribution is -2.40. The molecular formula is C14H19F3N2O2S. The van der Waals surface area contributed by atoms with E-state index < -0.39 is 18.8 Å². The van der Waals surface area contributed by atoms with Crippen molar-refractivity contribution in [2.45, 2.75) is 25.2 Å². The minimum atomic E-state index is -4.41. The number of amides is 1. The monoisotopic (exact) mass is 336 g/mol. The van der Waals surface area contributed by atoms with Gasteiger partial charge < -0.3 is 15.8 Å². The SMILES string of the molecule is CSCC[C@H](N)C(=O)NCc1ccccc1OCC(F)(F)F. The molecule has 0 aliphatic rings. The molecule has 1 rings (SSSR count). The second kappa shape index (κ2) is 8.89.